The molecule has 31 heavy (non-hydrogen) atoms. The molecule has 1 amide bonds. The van der Waals surface area contributed by atoms with Crippen molar-refractivity contribution in [3.8, 4) is 5.75 Å². The van der Waals surface area contributed by atoms with E-state index in [1.54, 1.807) is 12.4 Å². The van der Waals surface area contributed by atoms with E-state index in [4.69, 9.17) is 11.5 Å². The molecule has 0 spiro atoms. The van der Waals surface area contributed by atoms with Crippen LogP contribution < -0.4 is 16.2 Å². The van der Waals surface area contributed by atoms with Crippen LogP contribution in [0.3, 0.4) is 0 Å². The van der Waals surface area contributed by atoms with Crippen LogP contribution in [0.4, 0.5) is 18.3 Å². The van der Waals surface area contributed by atoms with E-state index in [0.717, 1.165) is 42.0 Å². The second-order valence-corrected chi connectivity index (χ2v) is 7.74. The minimum atomic E-state index is -4.85. The average molecular weight is 452 g/mol. The number of unbranched alkanes of at least 4 members (excludes halogenated alkanes) is 1. The van der Waals surface area contributed by atoms with E-state index < -0.39 is 23.9 Å². The molecule has 164 valence electrons. The maximum atomic E-state index is 12.5. The molecule has 0 aliphatic carbocycles. The van der Waals surface area contributed by atoms with Crippen molar-refractivity contribution in [3.63, 3.8) is 0 Å². The Morgan fingerprint density at radius 2 is 1.84 bits per heavy atom. The Labute approximate surface area is 179 Å². The molecule has 2 aromatic heterocycles. The van der Waals surface area contributed by atoms with E-state index in [1.165, 1.54) is 23.5 Å². The normalized spacial score (nSPS) is 12.5. The minimum Gasteiger partial charge on any atom is -0.406 e. The third-order valence-electron chi connectivity index (χ3n) is 4.28. The maximum Gasteiger partial charge on any atom is 0.573 e. The first-order chi connectivity index (χ1) is 14.7. The number of alkyl halides is 3. The van der Waals surface area contributed by atoms with Crippen molar-refractivity contribution in [2.45, 2.75) is 38.0 Å². The second-order valence-electron chi connectivity index (χ2n) is 6.65. The van der Waals surface area contributed by atoms with Gasteiger partial charge in [0.05, 0.1) is 0 Å². The number of halogens is 3. The fraction of sp³-hybridized carbons (Fsp3) is 0.316. The summed E-state index contributed by atoms with van der Waals surface area (Å²) in [5.74, 6) is -2.24. The molecule has 8 nitrogen and oxygen atoms in total. The summed E-state index contributed by atoms with van der Waals surface area (Å²) < 4.78 is 41.3. The monoisotopic (exact) mass is 452 g/mol. The van der Waals surface area contributed by atoms with Gasteiger partial charge in [-0.1, -0.05) is 23.5 Å². The highest BCUT2D eigenvalue weighted by Gasteiger charge is 2.32. The Kier molecular flexibility index (Phi) is 7.00. The molecule has 1 aromatic carbocycles. The molecule has 0 aliphatic rings. The highest BCUT2D eigenvalue weighted by molar-refractivity contribution is 7.15. The van der Waals surface area contributed by atoms with Gasteiger partial charge < -0.3 is 16.2 Å². The lowest BCUT2D eigenvalue weighted by molar-refractivity contribution is -0.274. The van der Waals surface area contributed by atoms with Crippen LogP contribution in [0, 0.1) is 0 Å². The van der Waals surface area contributed by atoms with Crippen LogP contribution in [0.15, 0.2) is 36.7 Å². The van der Waals surface area contributed by atoms with E-state index >= 15 is 0 Å². The molecule has 4 N–H and O–H groups in total. The summed E-state index contributed by atoms with van der Waals surface area (Å²) in [5, 5.41) is 9.06. The van der Waals surface area contributed by atoms with Crippen LogP contribution in [0.2, 0.25) is 0 Å². The Morgan fingerprint density at radius 3 is 2.45 bits per heavy atom. The number of carbonyl (C=O) groups is 1. The van der Waals surface area contributed by atoms with Gasteiger partial charge in [-0.05, 0) is 42.5 Å². The Morgan fingerprint density at radius 1 is 1.13 bits per heavy atom. The van der Waals surface area contributed by atoms with Crippen LogP contribution in [0.25, 0.3) is 0 Å². The predicted molar refractivity (Wildman–Crippen MR) is 107 cm³/mol. The summed E-state index contributed by atoms with van der Waals surface area (Å²) in [4.78, 5) is 20.4. The molecule has 0 saturated carbocycles. The maximum absolute atomic E-state index is 12.5. The number of ether oxygens (including phenoxy) is 1. The first-order valence-electron chi connectivity index (χ1n) is 9.25. The van der Waals surface area contributed by atoms with E-state index in [9.17, 15) is 18.0 Å². The summed E-state index contributed by atoms with van der Waals surface area (Å²) in [6.07, 6.45) is 1.54. The Balaban J connectivity index is 1.64. The number of aryl methyl sites for hydroxylation is 2. The molecule has 12 heteroatoms. The number of nitrogens with two attached hydrogens (primary N) is 2. The van der Waals surface area contributed by atoms with E-state index in [0.29, 0.717) is 11.6 Å². The van der Waals surface area contributed by atoms with Gasteiger partial charge in [-0.2, -0.15) is 0 Å². The first-order valence-corrected chi connectivity index (χ1v) is 10.1. The average Bonchev–Trinajstić information content (AvgIpc) is 3.10. The molecule has 0 fully saturated rings. The number of primary amides is 1. The molecule has 0 bridgehead atoms. The largest absolute Gasteiger partial charge is 0.573 e. The molecule has 2 heterocycles. The summed E-state index contributed by atoms with van der Waals surface area (Å²) in [6, 6.07) is 5.04. The van der Waals surface area contributed by atoms with Gasteiger partial charge in [0.2, 0.25) is 11.0 Å². The van der Waals surface area contributed by atoms with Crippen LogP contribution in [-0.4, -0.2) is 32.4 Å². The van der Waals surface area contributed by atoms with Crippen molar-refractivity contribution >= 4 is 22.4 Å². The van der Waals surface area contributed by atoms with Gasteiger partial charge in [0, 0.05) is 18.8 Å². The fourth-order valence-corrected chi connectivity index (χ4v) is 3.60. The zero-order chi connectivity index (χ0) is 22.4. The van der Waals surface area contributed by atoms with Crippen molar-refractivity contribution in [3.05, 3.63) is 58.6 Å². The molecule has 1 atom stereocenters. The second kappa shape index (κ2) is 9.69. The number of carbonyl (C=O) groups excluding carboxylic acids is 1. The summed E-state index contributed by atoms with van der Waals surface area (Å²) in [6.45, 7) is 0. The predicted octanol–water partition coefficient (Wildman–Crippen LogP) is 2.99. The molecule has 0 saturated heterocycles. The van der Waals surface area contributed by atoms with Gasteiger partial charge in [0.15, 0.2) is 0 Å². The van der Waals surface area contributed by atoms with Gasteiger partial charge in [-0.15, -0.1) is 23.4 Å². The van der Waals surface area contributed by atoms with Crippen molar-refractivity contribution in [1.29, 1.82) is 0 Å². The molecule has 3 aromatic rings. The summed E-state index contributed by atoms with van der Waals surface area (Å²) >= 11 is 1.36. The third-order valence-corrected chi connectivity index (χ3v) is 5.09. The number of benzene rings is 1. The zero-order valence-corrected chi connectivity index (χ0v) is 17.0. The van der Waals surface area contributed by atoms with E-state index in [1.807, 2.05) is 0 Å². The van der Waals surface area contributed by atoms with E-state index in [-0.39, 0.29) is 11.4 Å². The lowest BCUT2D eigenvalue weighted by atomic mass is 9.97. The molecule has 1 unspecified atom stereocenters. The van der Waals surface area contributed by atoms with Crippen molar-refractivity contribution in [2.24, 2.45) is 5.73 Å². The smallest absolute Gasteiger partial charge is 0.406 e. The van der Waals surface area contributed by atoms with Crippen LogP contribution >= 0.6 is 11.3 Å². The third kappa shape index (κ3) is 6.60. The zero-order valence-electron chi connectivity index (χ0n) is 16.2. The lowest BCUT2D eigenvalue weighted by Crippen LogP contribution is -2.24. The minimum absolute atomic E-state index is 0.102. The van der Waals surface area contributed by atoms with Crippen LogP contribution in [0.1, 0.15) is 40.7 Å². The summed E-state index contributed by atoms with van der Waals surface area (Å²) in [7, 11) is 0. The number of aromatic nitrogens is 4. The number of anilines is 1. The van der Waals surface area contributed by atoms with Crippen molar-refractivity contribution < 1.29 is 22.7 Å². The Bertz CT molecular complexity index is 1030. The van der Waals surface area contributed by atoms with Gasteiger partial charge in [-0.25, -0.2) is 9.97 Å². The molecule has 0 radical (unpaired) electrons. The topological polar surface area (TPSA) is 130 Å². The standard InChI is InChI=1S/C19H19F3N6O2S/c20-19(21,22)30-13-6-3-5-12(8-13)15(16(23)29)17-25-9-11(10-26-17)4-1-2-7-14-27-28-18(24)31-14/h3,5-6,8-10,15H,1-2,4,7H2,(H2,23,29)(H2,24,28). The number of rotatable bonds is 9. The fourth-order valence-electron chi connectivity index (χ4n) is 2.95. The van der Waals surface area contributed by atoms with Gasteiger partial charge >= 0.3 is 6.36 Å². The molecular formula is C19H19F3N6O2S. The van der Waals surface area contributed by atoms with Crippen molar-refractivity contribution in [1.82, 2.24) is 20.2 Å². The van der Waals surface area contributed by atoms with Crippen LogP contribution in [0.5, 0.6) is 5.75 Å². The number of nitrogen functional groups attached to an aromatic ring is 1. The number of amides is 1. The number of nitrogens with zero attached hydrogens (tertiary/aromatic N) is 4. The number of hydrogen-bond acceptors (Lipinski definition) is 8. The van der Waals surface area contributed by atoms with Crippen molar-refractivity contribution in [2.75, 3.05) is 5.73 Å². The first kappa shape index (κ1) is 22.4. The number of hydrogen-bond donors (Lipinski definition) is 2. The summed E-state index contributed by atoms with van der Waals surface area (Å²) in [5.41, 5.74) is 12.1. The Hall–Kier alpha value is -3.28. The van der Waals surface area contributed by atoms with Gasteiger partial charge in [0.1, 0.15) is 22.5 Å². The lowest BCUT2D eigenvalue weighted by Gasteiger charge is -2.15. The highest BCUT2D eigenvalue weighted by Crippen LogP contribution is 2.28. The van der Waals surface area contributed by atoms with Gasteiger partial charge in [0.25, 0.3) is 0 Å². The van der Waals surface area contributed by atoms with Crippen LogP contribution in [-0.2, 0) is 17.6 Å². The molecule has 3 rings (SSSR count). The van der Waals surface area contributed by atoms with Gasteiger partial charge in [-0.3, -0.25) is 4.79 Å². The quantitative estimate of drug-likeness (QED) is 0.477. The molecular weight excluding hydrogens is 433 g/mol. The SMILES string of the molecule is NC(=O)C(c1cccc(OC(F)(F)F)c1)c1ncc(CCCCc2nnc(N)s2)cn1. The van der Waals surface area contributed by atoms with E-state index in [2.05, 4.69) is 24.9 Å². The highest BCUT2D eigenvalue weighted by atomic mass is 32.1. The molecule has 0 aliphatic heterocycles.